The van der Waals surface area contributed by atoms with Gasteiger partial charge in [-0.2, -0.15) is 12.6 Å². The van der Waals surface area contributed by atoms with Crippen molar-refractivity contribution in [3.63, 3.8) is 0 Å². The van der Waals surface area contributed by atoms with Crippen molar-refractivity contribution in [2.75, 3.05) is 0 Å². The second-order valence-corrected chi connectivity index (χ2v) is 2.28. The fraction of sp³-hybridized carbons (Fsp3) is 0.286. The molecule has 0 unspecified atom stereocenters. The summed E-state index contributed by atoms with van der Waals surface area (Å²) < 4.78 is 0. The van der Waals surface area contributed by atoms with Gasteiger partial charge in [-0.15, -0.1) is 0 Å². The minimum Gasteiger partial charge on any atom is -0.392 e. The Bertz CT molecular complexity index is 192. The summed E-state index contributed by atoms with van der Waals surface area (Å²) in [4.78, 5) is 3.90. The number of rotatable bonds is 2. The van der Waals surface area contributed by atoms with Crippen LogP contribution in [0.15, 0.2) is 18.5 Å². The van der Waals surface area contributed by atoms with Crippen LogP contribution in [-0.2, 0) is 12.4 Å². The van der Waals surface area contributed by atoms with E-state index in [0.29, 0.717) is 5.75 Å². The highest BCUT2D eigenvalue weighted by Crippen LogP contribution is 2.08. The Morgan fingerprint density at radius 3 is 2.80 bits per heavy atom. The molecule has 1 rings (SSSR count). The first-order valence-electron chi connectivity index (χ1n) is 3.02. The quantitative estimate of drug-likeness (QED) is 0.625. The smallest absolute Gasteiger partial charge is 0.0685 e. The van der Waals surface area contributed by atoms with Gasteiger partial charge in [-0.1, -0.05) is 0 Å². The first-order chi connectivity index (χ1) is 4.88. The van der Waals surface area contributed by atoms with Crippen molar-refractivity contribution in [2.24, 2.45) is 0 Å². The molecule has 10 heavy (non-hydrogen) atoms. The Kier molecular flexibility index (Phi) is 2.71. The van der Waals surface area contributed by atoms with Crippen LogP contribution in [0.25, 0.3) is 0 Å². The average molecular weight is 155 g/mol. The molecule has 0 atom stereocenters. The Hall–Kier alpha value is -0.540. The molecule has 0 amide bonds. The van der Waals surface area contributed by atoms with Crippen molar-refractivity contribution in [2.45, 2.75) is 12.4 Å². The van der Waals surface area contributed by atoms with E-state index in [1.807, 2.05) is 0 Å². The van der Waals surface area contributed by atoms with Gasteiger partial charge in [0.25, 0.3) is 0 Å². The average Bonchev–Trinajstić information content (AvgIpc) is 2.04. The largest absolute Gasteiger partial charge is 0.392 e. The van der Waals surface area contributed by atoms with E-state index in [9.17, 15) is 0 Å². The molecular formula is C7H9NOS. The summed E-state index contributed by atoms with van der Waals surface area (Å²) in [6, 6.07) is 1.80. The van der Waals surface area contributed by atoms with Gasteiger partial charge in [0.05, 0.1) is 6.61 Å². The molecule has 2 nitrogen and oxygen atoms in total. The predicted octanol–water partition coefficient (Wildman–Crippen LogP) is 1.00. The lowest BCUT2D eigenvalue weighted by atomic mass is 10.2. The summed E-state index contributed by atoms with van der Waals surface area (Å²) in [7, 11) is 0. The third-order valence-electron chi connectivity index (χ3n) is 1.35. The second-order valence-electron chi connectivity index (χ2n) is 1.96. The van der Waals surface area contributed by atoms with Gasteiger partial charge < -0.3 is 5.11 Å². The Labute approximate surface area is 65.3 Å². The van der Waals surface area contributed by atoms with Crippen LogP contribution in [0.4, 0.5) is 0 Å². The van der Waals surface area contributed by atoms with E-state index in [1.165, 1.54) is 0 Å². The number of thiol groups is 1. The molecule has 1 heterocycles. The molecule has 0 fully saturated rings. The van der Waals surface area contributed by atoms with Gasteiger partial charge in [0.2, 0.25) is 0 Å². The van der Waals surface area contributed by atoms with E-state index in [1.54, 1.807) is 18.5 Å². The van der Waals surface area contributed by atoms with Crippen molar-refractivity contribution >= 4 is 12.6 Å². The van der Waals surface area contributed by atoms with Gasteiger partial charge in [-0.3, -0.25) is 4.98 Å². The van der Waals surface area contributed by atoms with Crippen molar-refractivity contribution in [3.05, 3.63) is 29.6 Å². The molecule has 0 aliphatic rings. The molecule has 0 bridgehead atoms. The van der Waals surface area contributed by atoms with Gasteiger partial charge in [0.1, 0.15) is 0 Å². The molecule has 0 aliphatic heterocycles. The van der Waals surface area contributed by atoms with Crippen LogP contribution in [0.3, 0.4) is 0 Å². The third-order valence-corrected chi connectivity index (χ3v) is 1.69. The van der Waals surface area contributed by atoms with Gasteiger partial charge in [-0.05, 0) is 17.2 Å². The van der Waals surface area contributed by atoms with Gasteiger partial charge in [0, 0.05) is 18.1 Å². The molecule has 0 aliphatic carbocycles. The van der Waals surface area contributed by atoms with Gasteiger partial charge >= 0.3 is 0 Å². The lowest BCUT2D eigenvalue weighted by Gasteiger charge is -2.00. The van der Waals surface area contributed by atoms with E-state index in [2.05, 4.69) is 17.6 Å². The van der Waals surface area contributed by atoms with Crippen LogP contribution >= 0.6 is 12.6 Å². The number of nitrogens with zero attached hydrogens (tertiary/aromatic N) is 1. The number of aliphatic hydroxyl groups excluding tert-OH is 1. The summed E-state index contributed by atoms with van der Waals surface area (Å²) in [5, 5.41) is 8.79. The standard InChI is InChI=1S/C7H9NOS/c9-4-6-1-2-8-3-7(6)5-10/h1-3,9-10H,4-5H2. The molecule has 3 heteroatoms. The molecule has 0 saturated heterocycles. The van der Waals surface area contributed by atoms with Gasteiger partial charge in [-0.25, -0.2) is 0 Å². The van der Waals surface area contributed by atoms with E-state index in [0.717, 1.165) is 11.1 Å². The van der Waals surface area contributed by atoms with E-state index in [-0.39, 0.29) is 6.61 Å². The number of pyridine rings is 1. The molecule has 1 aromatic rings. The highest BCUT2D eigenvalue weighted by Gasteiger charge is 1.96. The van der Waals surface area contributed by atoms with Crippen molar-refractivity contribution < 1.29 is 5.11 Å². The summed E-state index contributed by atoms with van der Waals surface area (Å²) in [6.45, 7) is 0.0679. The lowest BCUT2D eigenvalue weighted by Crippen LogP contribution is -1.91. The van der Waals surface area contributed by atoms with Crippen LogP contribution in [0.5, 0.6) is 0 Å². The van der Waals surface area contributed by atoms with Crippen LogP contribution in [-0.4, -0.2) is 10.1 Å². The topological polar surface area (TPSA) is 33.1 Å². The minimum atomic E-state index is 0.0679. The maximum absolute atomic E-state index is 8.79. The van der Waals surface area contributed by atoms with E-state index in [4.69, 9.17) is 5.11 Å². The van der Waals surface area contributed by atoms with E-state index < -0.39 is 0 Å². The summed E-state index contributed by atoms with van der Waals surface area (Å²) >= 11 is 4.08. The molecule has 1 N–H and O–H groups in total. The Morgan fingerprint density at radius 2 is 2.30 bits per heavy atom. The first kappa shape index (κ1) is 7.57. The van der Waals surface area contributed by atoms with E-state index >= 15 is 0 Å². The molecule has 0 spiro atoms. The molecule has 1 aromatic heterocycles. The highest BCUT2D eigenvalue weighted by atomic mass is 32.1. The van der Waals surface area contributed by atoms with Crippen LogP contribution in [0.2, 0.25) is 0 Å². The van der Waals surface area contributed by atoms with Crippen LogP contribution in [0, 0.1) is 0 Å². The van der Waals surface area contributed by atoms with Crippen molar-refractivity contribution in [3.8, 4) is 0 Å². The summed E-state index contributed by atoms with van der Waals surface area (Å²) in [5.74, 6) is 0.629. The highest BCUT2D eigenvalue weighted by molar-refractivity contribution is 7.79. The normalized spacial score (nSPS) is 9.80. The van der Waals surface area contributed by atoms with Gasteiger partial charge in [0.15, 0.2) is 0 Å². The SMILES string of the molecule is OCc1ccncc1CS. The third kappa shape index (κ3) is 1.49. The first-order valence-corrected chi connectivity index (χ1v) is 3.65. The summed E-state index contributed by atoms with van der Waals surface area (Å²) in [6.07, 6.45) is 3.39. The zero-order chi connectivity index (χ0) is 7.40. The Balaban J connectivity index is 2.96. The molecule has 0 aromatic carbocycles. The zero-order valence-corrected chi connectivity index (χ0v) is 6.38. The molecular weight excluding hydrogens is 146 g/mol. The second kappa shape index (κ2) is 3.58. The molecule has 54 valence electrons. The zero-order valence-electron chi connectivity index (χ0n) is 5.49. The molecule has 0 saturated carbocycles. The number of hydrogen-bond acceptors (Lipinski definition) is 3. The predicted molar refractivity (Wildman–Crippen MR) is 42.8 cm³/mol. The van der Waals surface area contributed by atoms with Crippen molar-refractivity contribution in [1.82, 2.24) is 4.98 Å². The summed E-state index contributed by atoms with van der Waals surface area (Å²) in [5.41, 5.74) is 1.90. The number of hydrogen-bond donors (Lipinski definition) is 2. The maximum atomic E-state index is 8.79. The van der Waals surface area contributed by atoms with Crippen LogP contribution < -0.4 is 0 Å². The Morgan fingerprint density at radius 1 is 1.50 bits per heavy atom. The minimum absolute atomic E-state index is 0.0679. The maximum Gasteiger partial charge on any atom is 0.0685 e. The number of aliphatic hydroxyl groups is 1. The molecule has 0 radical (unpaired) electrons. The monoisotopic (exact) mass is 155 g/mol. The fourth-order valence-corrected chi connectivity index (χ4v) is 1.04. The van der Waals surface area contributed by atoms with Crippen LogP contribution in [0.1, 0.15) is 11.1 Å². The number of aromatic nitrogens is 1. The fourth-order valence-electron chi connectivity index (χ4n) is 0.753. The lowest BCUT2D eigenvalue weighted by molar-refractivity contribution is 0.281. The van der Waals surface area contributed by atoms with Crippen molar-refractivity contribution in [1.29, 1.82) is 0 Å².